The molecule has 2 rings (SSSR count). The van der Waals surface area contributed by atoms with Gasteiger partial charge >= 0.3 is 0 Å². The maximum absolute atomic E-state index is 11.4. The van der Waals surface area contributed by atoms with E-state index in [0.29, 0.717) is 11.4 Å². The molecule has 0 unspecified atom stereocenters. The minimum atomic E-state index is 0.205. The Morgan fingerprint density at radius 2 is 2.12 bits per heavy atom. The van der Waals surface area contributed by atoms with Crippen molar-refractivity contribution in [2.45, 2.75) is 19.3 Å². The third-order valence-electron chi connectivity index (χ3n) is 2.81. The summed E-state index contributed by atoms with van der Waals surface area (Å²) in [6.07, 6.45) is 6.01. The molecule has 82 valence electrons. The van der Waals surface area contributed by atoms with Crippen LogP contribution in [-0.2, 0) is 4.79 Å². The Morgan fingerprint density at radius 3 is 2.81 bits per heavy atom. The summed E-state index contributed by atoms with van der Waals surface area (Å²) in [5.41, 5.74) is 3.04. The van der Waals surface area contributed by atoms with Crippen LogP contribution in [0.1, 0.15) is 30.4 Å². The molecule has 0 spiro atoms. The van der Waals surface area contributed by atoms with Crippen LogP contribution in [0.5, 0.6) is 0 Å². The number of halogens is 1. The molecule has 0 aliphatic heterocycles. The smallest absolute Gasteiger partial charge is 0.155 e. The van der Waals surface area contributed by atoms with E-state index in [1.54, 1.807) is 12.2 Å². The molecule has 0 fully saturated rings. The van der Waals surface area contributed by atoms with Crippen molar-refractivity contribution in [3.8, 4) is 0 Å². The molecule has 0 aromatic heterocycles. The molecule has 1 aromatic rings. The van der Waals surface area contributed by atoms with E-state index in [2.05, 4.69) is 6.58 Å². The van der Waals surface area contributed by atoms with Gasteiger partial charge in [-0.15, -0.1) is 0 Å². The molecule has 0 amide bonds. The van der Waals surface area contributed by atoms with Crippen LogP contribution in [0, 0.1) is 0 Å². The van der Waals surface area contributed by atoms with Gasteiger partial charge in [-0.1, -0.05) is 36.4 Å². The van der Waals surface area contributed by atoms with Crippen molar-refractivity contribution in [3.63, 3.8) is 0 Å². The average molecular weight is 233 g/mol. The summed E-state index contributed by atoms with van der Waals surface area (Å²) in [7, 11) is 0. The first-order valence-corrected chi connectivity index (χ1v) is 5.75. The molecule has 0 heterocycles. The Balaban J connectivity index is 2.51. The summed E-state index contributed by atoms with van der Waals surface area (Å²) in [6, 6.07) is 5.74. The van der Waals surface area contributed by atoms with Gasteiger partial charge in [-0.05, 0) is 41.7 Å². The van der Waals surface area contributed by atoms with Crippen molar-refractivity contribution in [2.75, 3.05) is 0 Å². The van der Waals surface area contributed by atoms with Crippen LogP contribution in [0.4, 0.5) is 0 Å². The molecule has 0 saturated heterocycles. The topological polar surface area (TPSA) is 17.1 Å². The molecule has 0 bridgehead atoms. The van der Waals surface area contributed by atoms with Gasteiger partial charge < -0.3 is 0 Å². The zero-order valence-corrected chi connectivity index (χ0v) is 9.76. The Labute approximate surface area is 100 Å². The second-order valence-corrected chi connectivity index (χ2v) is 4.30. The monoisotopic (exact) mass is 232 g/mol. The van der Waals surface area contributed by atoms with Crippen LogP contribution in [-0.4, -0.2) is 5.78 Å². The van der Waals surface area contributed by atoms with Crippen molar-refractivity contribution in [3.05, 3.63) is 47.0 Å². The largest absolute Gasteiger partial charge is 0.295 e. The van der Waals surface area contributed by atoms with Gasteiger partial charge in [0.15, 0.2) is 5.78 Å². The van der Waals surface area contributed by atoms with Crippen molar-refractivity contribution in [1.82, 2.24) is 0 Å². The maximum atomic E-state index is 11.4. The highest BCUT2D eigenvalue weighted by Crippen LogP contribution is 2.31. The first kappa shape index (κ1) is 11.2. The van der Waals surface area contributed by atoms with Gasteiger partial charge in [0.2, 0.25) is 0 Å². The molecule has 16 heavy (non-hydrogen) atoms. The highest BCUT2D eigenvalue weighted by molar-refractivity contribution is 6.32. The summed E-state index contributed by atoms with van der Waals surface area (Å²) >= 11 is 6.10. The quantitative estimate of drug-likeness (QED) is 0.750. The van der Waals surface area contributed by atoms with E-state index in [0.717, 1.165) is 29.5 Å². The predicted octanol–water partition coefficient (Wildman–Crippen LogP) is 4.12. The lowest BCUT2D eigenvalue weighted by Crippen LogP contribution is -2.03. The van der Waals surface area contributed by atoms with E-state index >= 15 is 0 Å². The Morgan fingerprint density at radius 1 is 1.31 bits per heavy atom. The lowest BCUT2D eigenvalue weighted by molar-refractivity contribution is -0.114. The number of ketones is 1. The first-order valence-electron chi connectivity index (χ1n) is 5.37. The van der Waals surface area contributed by atoms with E-state index in [9.17, 15) is 4.79 Å². The fraction of sp³-hybridized carbons (Fsp3) is 0.214. The highest BCUT2D eigenvalue weighted by atomic mass is 35.5. The van der Waals surface area contributed by atoms with Gasteiger partial charge in [-0.25, -0.2) is 0 Å². The van der Waals surface area contributed by atoms with Crippen LogP contribution in [0.15, 0.2) is 30.9 Å². The molecular formula is C14H13ClO. The van der Waals surface area contributed by atoms with Crippen LogP contribution in [0.2, 0.25) is 5.02 Å². The first-order chi connectivity index (χ1) is 7.72. The number of rotatable bonds is 2. The van der Waals surface area contributed by atoms with Crippen LogP contribution in [0.3, 0.4) is 0 Å². The van der Waals surface area contributed by atoms with Crippen LogP contribution >= 0.6 is 11.6 Å². The molecule has 0 N–H and O–H groups in total. The summed E-state index contributed by atoms with van der Waals surface area (Å²) in [6.45, 7) is 3.77. The third kappa shape index (κ3) is 2.10. The molecule has 1 aromatic carbocycles. The second-order valence-electron chi connectivity index (χ2n) is 3.89. The number of carbonyl (C=O) groups excluding carboxylic acids is 1. The van der Waals surface area contributed by atoms with Crippen molar-refractivity contribution in [2.24, 2.45) is 0 Å². The summed E-state index contributed by atoms with van der Waals surface area (Å²) < 4.78 is 0. The zero-order chi connectivity index (χ0) is 11.5. The zero-order valence-electron chi connectivity index (χ0n) is 9.00. The third-order valence-corrected chi connectivity index (χ3v) is 3.14. The normalized spacial score (nSPS) is 15.8. The fourth-order valence-electron chi connectivity index (χ4n) is 2.03. The number of carbonyl (C=O) groups is 1. The lowest BCUT2D eigenvalue weighted by Gasteiger charge is -2.15. The minimum Gasteiger partial charge on any atom is -0.295 e. The molecule has 1 aliphatic rings. The van der Waals surface area contributed by atoms with E-state index in [1.165, 1.54) is 0 Å². The maximum Gasteiger partial charge on any atom is 0.155 e. The van der Waals surface area contributed by atoms with E-state index in [-0.39, 0.29) is 5.78 Å². The van der Waals surface area contributed by atoms with Gasteiger partial charge in [-0.2, -0.15) is 0 Å². The Kier molecular flexibility index (Phi) is 3.25. The molecule has 1 nitrogen and oxygen atoms in total. The number of hydrogen-bond donors (Lipinski definition) is 0. The predicted molar refractivity (Wildman–Crippen MR) is 68.4 cm³/mol. The Bertz CT molecular complexity index is 472. The van der Waals surface area contributed by atoms with Gasteiger partial charge in [0.25, 0.3) is 0 Å². The van der Waals surface area contributed by atoms with Gasteiger partial charge in [0.05, 0.1) is 0 Å². The molecule has 0 radical (unpaired) electrons. The lowest BCUT2D eigenvalue weighted by atomic mass is 9.90. The van der Waals surface area contributed by atoms with Crippen molar-refractivity contribution >= 4 is 29.0 Å². The van der Waals surface area contributed by atoms with E-state index in [4.69, 9.17) is 11.6 Å². The van der Waals surface area contributed by atoms with Crippen molar-refractivity contribution in [1.29, 1.82) is 0 Å². The summed E-state index contributed by atoms with van der Waals surface area (Å²) in [5.74, 6) is 0.205. The number of benzene rings is 1. The summed E-state index contributed by atoms with van der Waals surface area (Å²) in [5, 5.41) is 0.687. The van der Waals surface area contributed by atoms with E-state index < -0.39 is 0 Å². The molecule has 1 aliphatic carbocycles. The fourth-order valence-corrected chi connectivity index (χ4v) is 2.28. The molecular weight excluding hydrogens is 220 g/mol. The molecule has 2 heteroatoms. The minimum absolute atomic E-state index is 0.205. The van der Waals surface area contributed by atoms with Gasteiger partial charge in [0, 0.05) is 11.4 Å². The standard InChI is InChI=1S/C14H13ClO/c1-2-12-13(7-4-8-14(12)15)10-5-3-6-11(16)9-10/h2,4,7-9H,1,3,5-6H2. The van der Waals surface area contributed by atoms with Gasteiger partial charge in [-0.3, -0.25) is 4.79 Å². The van der Waals surface area contributed by atoms with Crippen molar-refractivity contribution < 1.29 is 4.79 Å². The average Bonchev–Trinajstić information content (AvgIpc) is 2.28. The van der Waals surface area contributed by atoms with E-state index in [1.807, 2.05) is 18.2 Å². The Hall–Kier alpha value is -1.34. The summed E-state index contributed by atoms with van der Waals surface area (Å²) in [4.78, 5) is 11.4. The van der Waals surface area contributed by atoms with Gasteiger partial charge in [0.1, 0.15) is 0 Å². The number of allylic oxidation sites excluding steroid dienone is 2. The van der Waals surface area contributed by atoms with Crippen LogP contribution < -0.4 is 0 Å². The molecule has 0 atom stereocenters. The second kappa shape index (κ2) is 4.67. The molecule has 0 saturated carbocycles. The number of hydrogen-bond acceptors (Lipinski definition) is 1. The van der Waals surface area contributed by atoms with Crippen LogP contribution in [0.25, 0.3) is 11.6 Å². The SMILES string of the molecule is C=Cc1c(Cl)cccc1C1=CC(=O)CCC1. The highest BCUT2D eigenvalue weighted by Gasteiger charge is 2.14.